The molecule has 2 aliphatic heterocycles. The van der Waals surface area contributed by atoms with Crippen molar-refractivity contribution >= 4 is 11.9 Å². The van der Waals surface area contributed by atoms with Crippen LogP contribution in [-0.4, -0.2) is 46.9 Å². The van der Waals surface area contributed by atoms with Gasteiger partial charge in [-0.1, -0.05) is 38.1 Å². The van der Waals surface area contributed by atoms with Gasteiger partial charge in [0.25, 0.3) is 5.91 Å². The van der Waals surface area contributed by atoms with Gasteiger partial charge in [0, 0.05) is 19.6 Å². The van der Waals surface area contributed by atoms with Crippen molar-refractivity contribution in [2.24, 2.45) is 0 Å². The Morgan fingerprint density at radius 1 is 1.04 bits per heavy atom. The molecule has 0 bridgehead atoms. The maximum absolute atomic E-state index is 12.6. The van der Waals surface area contributed by atoms with Gasteiger partial charge in [-0.05, 0) is 49.8 Å². The second-order valence-electron chi connectivity index (χ2n) is 7.18. The van der Waals surface area contributed by atoms with E-state index in [-0.39, 0.29) is 11.9 Å². The Hall–Kier alpha value is -1.88. The fourth-order valence-corrected chi connectivity index (χ4v) is 3.96. The third-order valence-corrected chi connectivity index (χ3v) is 5.77. The highest BCUT2D eigenvalue weighted by molar-refractivity contribution is 6.06. The predicted molar refractivity (Wildman–Crippen MR) is 98.2 cm³/mol. The van der Waals surface area contributed by atoms with Crippen LogP contribution in [0.1, 0.15) is 50.7 Å². The van der Waals surface area contributed by atoms with Crippen LogP contribution in [0.2, 0.25) is 0 Å². The molecular weight excluding hydrogens is 314 g/mol. The summed E-state index contributed by atoms with van der Waals surface area (Å²) >= 11 is 0. The second-order valence-corrected chi connectivity index (χ2v) is 7.18. The van der Waals surface area contributed by atoms with Crippen LogP contribution in [0.15, 0.2) is 24.3 Å². The van der Waals surface area contributed by atoms with E-state index < -0.39 is 5.54 Å². The molecule has 5 nitrogen and oxygen atoms in total. The number of hydrogen-bond donors (Lipinski definition) is 1. The molecule has 0 unspecified atom stereocenters. The topological polar surface area (TPSA) is 52.7 Å². The molecule has 0 aromatic heterocycles. The number of urea groups is 1. The zero-order valence-electron chi connectivity index (χ0n) is 15.4. The van der Waals surface area contributed by atoms with Gasteiger partial charge in [0.05, 0.1) is 0 Å². The molecule has 0 saturated carbocycles. The molecule has 1 aromatic carbocycles. The first-order valence-electron chi connectivity index (χ1n) is 9.53. The minimum atomic E-state index is -0.673. The van der Waals surface area contributed by atoms with E-state index in [1.807, 2.05) is 13.8 Å². The summed E-state index contributed by atoms with van der Waals surface area (Å²) in [5, 5.41) is 2.89. The van der Waals surface area contributed by atoms with Crippen LogP contribution in [0, 0.1) is 0 Å². The molecule has 1 saturated heterocycles. The Bertz CT molecular complexity index is 640. The molecule has 1 aromatic rings. The van der Waals surface area contributed by atoms with E-state index in [9.17, 15) is 9.59 Å². The van der Waals surface area contributed by atoms with E-state index in [0.29, 0.717) is 19.4 Å². The van der Waals surface area contributed by atoms with Crippen molar-refractivity contribution in [2.75, 3.05) is 19.6 Å². The molecule has 3 rings (SSSR count). The largest absolute Gasteiger partial charge is 0.325 e. The molecule has 25 heavy (non-hydrogen) atoms. The maximum Gasteiger partial charge on any atom is 0.325 e. The lowest BCUT2D eigenvalue weighted by Crippen LogP contribution is -2.45. The first-order chi connectivity index (χ1) is 12.1. The number of carbonyl (C=O) groups is 2. The van der Waals surface area contributed by atoms with Gasteiger partial charge in [-0.3, -0.25) is 14.6 Å². The normalized spacial score (nSPS) is 19.8. The lowest BCUT2D eigenvalue weighted by molar-refractivity contribution is -0.131. The number of rotatable bonds is 7. The summed E-state index contributed by atoms with van der Waals surface area (Å²) in [7, 11) is 0. The molecule has 3 amide bonds. The Kier molecular flexibility index (Phi) is 5.42. The molecule has 136 valence electrons. The van der Waals surface area contributed by atoms with E-state index in [2.05, 4.69) is 34.5 Å². The molecule has 0 radical (unpaired) electrons. The third kappa shape index (κ3) is 3.56. The molecule has 2 heterocycles. The molecule has 0 atom stereocenters. The minimum Gasteiger partial charge on any atom is -0.323 e. The van der Waals surface area contributed by atoms with Crippen molar-refractivity contribution in [2.45, 2.75) is 58.0 Å². The van der Waals surface area contributed by atoms with Crippen molar-refractivity contribution in [1.82, 2.24) is 15.1 Å². The van der Waals surface area contributed by atoms with E-state index in [1.165, 1.54) is 16.0 Å². The standard InChI is InChI=1S/C20H29N3O2/c1-3-20(4-2)18(24)23(19(25)21-20)13-8-7-12-22-14-11-16-9-5-6-10-17(16)15-22/h5-6,9-10H,3-4,7-8,11-15H2,1-2H3,(H,21,25). The van der Waals surface area contributed by atoms with Crippen LogP contribution >= 0.6 is 0 Å². The second kappa shape index (κ2) is 7.56. The average molecular weight is 343 g/mol. The van der Waals surface area contributed by atoms with Crippen LogP contribution in [-0.2, 0) is 17.8 Å². The molecule has 1 N–H and O–H groups in total. The maximum atomic E-state index is 12.6. The van der Waals surface area contributed by atoms with Crippen molar-refractivity contribution in [3.05, 3.63) is 35.4 Å². The van der Waals surface area contributed by atoms with Crippen LogP contribution in [0.3, 0.4) is 0 Å². The number of amides is 3. The van der Waals surface area contributed by atoms with Gasteiger partial charge in [-0.25, -0.2) is 4.79 Å². The van der Waals surface area contributed by atoms with E-state index in [1.54, 1.807) is 0 Å². The summed E-state index contributed by atoms with van der Waals surface area (Å²) in [6.45, 7) is 7.56. The van der Waals surface area contributed by atoms with Crippen molar-refractivity contribution in [3.63, 3.8) is 0 Å². The molecule has 0 aliphatic carbocycles. The van der Waals surface area contributed by atoms with Crippen LogP contribution in [0.25, 0.3) is 0 Å². The number of nitrogens with one attached hydrogen (secondary N) is 1. The number of imide groups is 1. The van der Waals surface area contributed by atoms with Gasteiger partial charge in [0.1, 0.15) is 5.54 Å². The quantitative estimate of drug-likeness (QED) is 0.612. The highest BCUT2D eigenvalue weighted by Gasteiger charge is 2.48. The lowest BCUT2D eigenvalue weighted by atomic mass is 9.93. The van der Waals surface area contributed by atoms with Crippen molar-refractivity contribution in [1.29, 1.82) is 0 Å². The number of unbranched alkanes of at least 4 members (excludes halogenated alkanes) is 1. The summed E-state index contributed by atoms with van der Waals surface area (Å²) in [6.07, 6.45) is 4.28. The van der Waals surface area contributed by atoms with Gasteiger partial charge in [0.2, 0.25) is 0 Å². The summed E-state index contributed by atoms with van der Waals surface area (Å²) < 4.78 is 0. The Labute approximate surface area is 150 Å². The van der Waals surface area contributed by atoms with Crippen LogP contribution in [0.5, 0.6) is 0 Å². The summed E-state index contributed by atoms with van der Waals surface area (Å²) in [6, 6.07) is 8.43. The van der Waals surface area contributed by atoms with Gasteiger partial charge < -0.3 is 5.32 Å². The number of carbonyl (C=O) groups excluding carboxylic acids is 2. The lowest BCUT2D eigenvalue weighted by Gasteiger charge is -2.28. The number of fused-ring (bicyclic) bond motifs is 1. The highest BCUT2D eigenvalue weighted by Crippen LogP contribution is 2.25. The van der Waals surface area contributed by atoms with Gasteiger partial charge in [0.15, 0.2) is 0 Å². The zero-order valence-corrected chi connectivity index (χ0v) is 15.4. The number of benzene rings is 1. The molecular formula is C20H29N3O2. The van der Waals surface area contributed by atoms with E-state index >= 15 is 0 Å². The van der Waals surface area contributed by atoms with E-state index in [0.717, 1.165) is 38.9 Å². The fourth-order valence-electron chi connectivity index (χ4n) is 3.96. The number of nitrogens with zero attached hydrogens (tertiary/aromatic N) is 2. The van der Waals surface area contributed by atoms with Gasteiger partial charge in [-0.2, -0.15) is 0 Å². The average Bonchev–Trinajstić information content (AvgIpc) is 2.89. The van der Waals surface area contributed by atoms with Crippen molar-refractivity contribution < 1.29 is 9.59 Å². The SMILES string of the molecule is CCC1(CC)NC(=O)N(CCCCN2CCc3ccccc3C2)C1=O. The van der Waals surface area contributed by atoms with Crippen molar-refractivity contribution in [3.8, 4) is 0 Å². The van der Waals surface area contributed by atoms with Gasteiger partial charge in [-0.15, -0.1) is 0 Å². The minimum absolute atomic E-state index is 0.0469. The zero-order chi connectivity index (χ0) is 17.9. The van der Waals surface area contributed by atoms with Gasteiger partial charge >= 0.3 is 6.03 Å². The first kappa shape index (κ1) is 17.9. The molecule has 5 heteroatoms. The monoisotopic (exact) mass is 343 g/mol. The summed E-state index contributed by atoms with van der Waals surface area (Å²) in [4.78, 5) is 28.6. The fraction of sp³-hybridized carbons (Fsp3) is 0.600. The van der Waals surface area contributed by atoms with E-state index in [4.69, 9.17) is 0 Å². The Balaban J connectivity index is 1.45. The Morgan fingerprint density at radius 3 is 2.40 bits per heavy atom. The molecule has 1 fully saturated rings. The third-order valence-electron chi connectivity index (χ3n) is 5.77. The Morgan fingerprint density at radius 2 is 1.72 bits per heavy atom. The molecule has 2 aliphatic rings. The highest BCUT2D eigenvalue weighted by atomic mass is 16.2. The molecule has 0 spiro atoms. The number of hydrogen-bond acceptors (Lipinski definition) is 3. The van der Waals surface area contributed by atoms with Crippen LogP contribution in [0.4, 0.5) is 4.79 Å². The summed E-state index contributed by atoms with van der Waals surface area (Å²) in [5.74, 6) is -0.0469. The summed E-state index contributed by atoms with van der Waals surface area (Å²) in [5.41, 5.74) is 2.22. The van der Waals surface area contributed by atoms with Crippen LogP contribution < -0.4 is 5.32 Å². The predicted octanol–water partition coefficient (Wildman–Crippen LogP) is 2.94. The first-order valence-corrected chi connectivity index (χ1v) is 9.53. The smallest absolute Gasteiger partial charge is 0.323 e.